The molecule has 0 bridgehead atoms. The Morgan fingerprint density at radius 3 is 2.44 bits per heavy atom. The molecular weight excluding hydrogens is 474 g/mol. The molecule has 1 aliphatic heterocycles. The molecule has 4 aromatic rings. The van der Waals surface area contributed by atoms with Crippen molar-refractivity contribution < 1.29 is 17.6 Å². The number of fused-ring (bicyclic) bond motifs is 1. The molecule has 0 aliphatic carbocycles. The molecule has 5 rings (SSSR count). The van der Waals surface area contributed by atoms with Gasteiger partial charge in [0, 0.05) is 31.4 Å². The molecule has 0 unspecified atom stereocenters. The van der Waals surface area contributed by atoms with Gasteiger partial charge in [0.2, 0.25) is 0 Å². The van der Waals surface area contributed by atoms with Crippen molar-refractivity contribution in [3.8, 4) is 0 Å². The molecule has 0 N–H and O–H groups in total. The van der Waals surface area contributed by atoms with Crippen LogP contribution < -0.4 is 10.5 Å². The van der Waals surface area contributed by atoms with Crippen molar-refractivity contribution in [1.82, 2.24) is 19.5 Å². The Hall–Kier alpha value is -3.82. The average Bonchev–Trinajstić information content (AvgIpc) is 2.86. The van der Waals surface area contributed by atoms with Gasteiger partial charge in [-0.1, -0.05) is 30.3 Å². The van der Waals surface area contributed by atoms with E-state index in [1.165, 1.54) is 41.2 Å². The maximum Gasteiger partial charge on any atom is 0.416 e. The molecule has 2 aromatic heterocycles. The van der Waals surface area contributed by atoms with Crippen LogP contribution in [0.5, 0.6) is 0 Å². The predicted octanol–water partition coefficient (Wildman–Crippen LogP) is 5.09. The summed E-state index contributed by atoms with van der Waals surface area (Å²) in [5.74, 6) is -0.533. The van der Waals surface area contributed by atoms with E-state index >= 15 is 0 Å². The molecule has 2 aromatic carbocycles. The van der Waals surface area contributed by atoms with Crippen LogP contribution in [0.15, 0.2) is 59.7 Å². The van der Waals surface area contributed by atoms with Gasteiger partial charge in [-0.2, -0.15) is 13.2 Å². The first-order valence-electron chi connectivity index (χ1n) is 11.6. The number of piperidine rings is 1. The molecule has 0 spiro atoms. The van der Waals surface area contributed by atoms with Crippen LogP contribution in [0.25, 0.3) is 11.3 Å². The minimum absolute atomic E-state index is 0.0407. The standard InChI is InChI=1S/C26H23F4N5O/c1-16-5-4-8-20(27)22(16)34-13-9-17(10-14-34)21-25(36)35(24-23(33-21)31-11-12-32-24)15-18-6-2-3-7-19(18)26(28,29)30/h2-8,11-12,17H,9-10,13-15H2,1H3. The summed E-state index contributed by atoms with van der Waals surface area (Å²) >= 11 is 0. The van der Waals surface area contributed by atoms with Crippen molar-refractivity contribution in [2.75, 3.05) is 18.0 Å². The van der Waals surface area contributed by atoms with Crippen LogP contribution in [0, 0.1) is 12.7 Å². The summed E-state index contributed by atoms with van der Waals surface area (Å²) in [6.45, 7) is 2.57. The summed E-state index contributed by atoms with van der Waals surface area (Å²) in [5.41, 5.74) is 0.624. The van der Waals surface area contributed by atoms with Gasteiger partial charge in [-0.25, -0.2) is 19.3 Å². The zero-order valence-electron chi connectivity index (χ0n) is 19.5. The van der Waals surface area contributed by atoms with E-state index in [0.29, 0.717) is 31.6 Å². The lowest BCUT2D eigenvalue weighted by Gasteiger charge is -2.34. The number of aryl methyl sites for hydroxylation is 1. The molecule has 0 radical (unpaired) electrons. The van der Waals surface area contributed by atoms with Gasteiger partial charge in [0.1, 0.15) is 11.5 Å². The topological polar surface area (TPSA) is 63.9 Å². The van der Waals surface area contributed by atoms with Crippen molar-refractivity contribution >= 4 is 17.0 Å². The Bertz CT molecular complexity index is 1460. The van der Waals surface area contributed by atoms with Crippen molar-refractivity contribution in [2.45, 2.75) is 38.4 Å². The SMILES string of the molecule is Cc1cccc(F)c1N1CCC(c2nc3nccnc3n(Cc3ccccc3C(F)(F)F)c2=O)CC1. The minimum atomic E-state index is -4.56. The lowest BCUT2D eigenvalue weighted by Crippen LogP contribution is -2.37. The maximum atomic E-state index is 14.5. The van der Waals surface area contributed by atoms with Crippen LogP contribution in [0.2, 0.25) is 0 Å². The Balaban J connectivity index is 1.51. The van der Waals surface area contributed by atoms with Gasteiger partial charge >= 0.3 is 6.18 Å². The number of hydrogen-bond donors (Lipinski definition) is 0. The Labute approximate surface area is 204 Å². The summed E-state index contributed by atoms with van der Waals surface area (Å²) in [7, 11) is 0. The fourth-order valence-corrected chi connectivity index (χ4v) is 4.91. The molecule has 6 nitrogen and oxygen atoms in total. The van der Waals surface area contributed by atoms with Crippen LogP contribution in [0.4, 0.5) is 23.2 Å². The number of hydrogen-bond acceptors (Lipinski definition) is 5. The van der Waals surface area contributed by atoms with Gasteiger partial charge in [0.15, 0.2) is 11.3 Å². The quantitative estimate of drug-likeness (QED) is 0.368. The number of nitrogens with zero attached hydrogens (tertiary/aromatic N) is 5. The molecule has 0 amide bonds. The molecular formula is C26H23F4N5O. The van der Waals surface area contributed by atoms with Gasteiger partial charge in [0.05, 0.1) is 17.8 Å². The van der Waals surface area contributed by atoms with E-state index in [4.69, 9.17) is 0 Å². The highest BCUT2D eigenvalue weighted by atomic mass is 19.4. The zero-order chi connectivity index (χ0) is 25.4. The first-order chi connectivity index (χ1) is 17.2. The largest absolute Gasteiger partial charge is 0.416 e. The van der Waals surface area contributed by atoms with Gasteiger partial charge in [-0.3, -0.25) is 9.36 Å². The van der Waals surface area contributed by atoms with Crippen LogP contribution in [-0.2, 0) is 12.7 Å². The Morgan fingerprint density at radius 2 is 1.72 bits per heavy atom. The van der Waals surface area contributed by atoms with Gasteiger partial charge in [-0.05, 0) is 43.0 Å². The summed E-state index contributed by atoms with van der Waals surface area (Å²) < 4.78 is 56.5. The van der Waals surface area contributed by atoms with E-state index in [1.54, 1.807) is 6.07 Å². The smallest absolute Gasteiger partial charge is 0.369 e. The van der Waals surface area contributed by atoms with E-state index in [0.717, 1.165) is 11.6 Å². The summed E-state index contributed by atoms with van der Waals surface area (Å²) in [6, 6.07) is 10.1. The summed E-state index contributed by atoms with van der Waals surface area (Å²) in [5, 5.41) is 0. The molecule has 36 heavy (non-hydrogen) atoms. The fraction of sp³-hybridized carbons (Fsp3) is 0.308. The number of halogens is 4. The minimum Gasteiger partial charge on any atom is -0.369 e. The predicted molar refractivity (Wildman–Crippen MR) is 127 cm³/mol. The first-order valence-corrected chi connectivity index (χ1v) is 11.6. The van der Waals surface area contributed by atoms with Crippen molar-refractivity contribution in [3.63, 3.8) is 0 Å². The van der Waals surface area contributed by atoms with Crippen LogP contribution in [-0.4, -0.2) is 32.6 Å². The van der Waals surface area contributed by atoms with Crippen molar-refractivity contribution in [1.29, 1.82) is 0 Å². The van der Waals surface area contributed by atoms with Crippen molar-refractivity contribution in [2.24, 2.45) is 0 Å². The molecule has 1 fully saturated rings. The Morgan fingerprint density at radius 1 is 1.00 bits per heavy atom. The van der Waals surface area contributed by atoms with E-state index in [1.807, 2.05) is 17.9 Å². The number of para-hydroxylation sites is 1. The molecule has 0 saturated carbocycles. The van der Waals surface area contributed by atoms with Gasteiger partial charge in [-0.15, -0.1) is 0 Å². The van der Waals surface area contributed by atoms with E-state index in [-0.39, 0.29) is 40.8 Å². The number of alkyl halides is 3. The summed E-state index contributed by atoms with van der Waals surface area (Å²) in [6.07, 6.45) is -0.664. The first kappa shape index (κ1) is 23.9. The lowest BCUT2D eigenvalue weighted by atomic mass is 9.92. The monoisotopic (exact) mass is 497 g/mol. The third-order valence-electron chi connectivity index (χ3n) is 6.64. The normalized spacial score (nSPS) is 15.0. The molecule has 1 aliphatic rings. The fourth-order valence-electron chi connectivity index (χ4n) is 4.91. The second-order valence-corrected chi connectivity index (χ2v) is 8.91. The molecule has 186 valence electrons. The molecule has 0 atom stereocenters. The lowest BCUT2D eigenvalue weighted by molar-refractivity contribution is -0.138. The molecule has 1 saturated heterocycles. The molecule has 10 heteroatoms. The number of rotatable bonds is 4. The van der Waals surface area contributed by atoms with E-state index < -0.39 is 17.3 Å². The molecule has 3 heterocycles. The second-order valence-electron chi connectivity index (χ2n) is 8.91. The Kier molecular flexibility index (Phi) is 6.19. The third-order valence-corrected chi connectivity index (χ3v) is 6.64. The highest BCUT2D eigenvalue weighted by molar-refractivity contribution is 5.65. The third kappa shape index (κ3) is 4.43. The van der Waals surface area contributed by atoms with Crippen LogP contribution >= 0.6 is 0 Å². The van der Waals surface area contributed by atoms with Gasteiger partial charge in [0.25, 0.3) is 5.56 Å². The average molecular weight is 497 g/mol. The highest BCUT2D eigenvalue weighted by Gasteiger charge is 2.33. The zero-order valence-corrected chi connectivity index (χ0v) is 19.5. The number of aromatic nitrogens is 4. The second kappa shape index (κ2) is 9.33. The number of anilines is 1. The van der Waals surface area contributed by atoms with E-state index in [9.17, 15) is 22.4 Å². The van der Waals surface area contributed by atoms with Crippen LogP contribution in [0.1, 0.15) is 41.1 Å². The highest BCUT2D eigenvalue weighted by Crippen LogP contribution is 2.34. The number of benzene rings is 2. The van der Waals surface area contributed by atoms with Gasteiger partial charge < -0.3 is 4.90 Å². The van der Waals surface area contributed by atoms with Crippen LogP contribution in [0.3, 0.4) is 0 Å². The maximum absolute atomic E-state index is 14.5. The van der Waals surface area contributed by atoms with E-state index in [2.05, 4.69) is 15.0 Å². The summed E-state index contributed by atoms with van der Waals surface area (Å²) in [4.78, 5) is 28.4. The van der Waals surface area contributed by atoms with Crippen molar-refractivity contribution in [3.05, 3.63) is 93.4 Å².